The molecule has 0 N–H and O–H groups in total. The van der Waals surface area contributed by atoms with Crippen LogP contribution in [0, 0.1) is 0 Å². The van der Waals surface area contributed by atoms with Gasteiger partial charge in [0.25, 0.3) is 0 Å². The summed E-state index contributed by atoms with van der Waals surface area (Å²) < 4.78 is 27.3. The largest absolute Gasteiger partial charge is 0.330 e. The summed E-state index contributed by atoms with van der Waals surface area (Å²) in [5.41, 5.74) is 0. The number of hydrogen-bond acceptors (Lipinski definition) is 3. The Kier molecular flexibility index (Phi) is 9.69. The number of rotatable bonds is 13. The van der Waals surface area contributed by atoms with Crippen molar-refractivity contribution in [2.75, 3.05) is 19.4 Å². The van der Waals surface area contributed by atoms with E-state index in [0.717, 1.165) is 19.5 Å². The summed E-state index contributed by atoms with van der Waals surface area (Å²) in [7, 11) is -2.89. The number of imidazole rings is 1. The molecule has 0 bridgehead atoms. The van der Waals surface area contributed by atoms with Gasteiger partial charge in [-0.2, -0.15) is 0 Å². The molecule has 0 saturated carbocycles. The molecule has 0 radical (unpaired) electrons. The topological polar surface area (TPSA) is 44.3 Å². The second kappa shape index (κ2) is 11.0. The Labute approximate surface area is 135 Å². The third-order valence-corrected chi connectivity index (χ3v) is 5.68. The Morgan fingerprint density at radius 2 is 1.77 bits per heavy atom. The van der Waals surface area contributed by atoms with Gasteiger partial charge in [-0.05, 0) is 33.1 Å². The Hall–Kier alpha value is -0.640. The van der Waals surface area contributed by atoms with Crippen LogP contribution >= 0.6 is 7.60 Å². The van der Waals surface area contributed by atoms with E-state index in [1.54, 1.807) is 0 Å². The molecule has 0 atom stereocenters. The minimum atomic E-state index is -2.89. The standard InChI is InChI=1S/C16H32N2O3P/c1-4-7-8-9-11-17-13-14-18(16-17)12-10-15-22(19,20-5-2)21-6-3/h13-14,16H,4-12,15H2,1-3H3/q+1. The van der Waals surface area contributed by atoms with Crippen molar-refractivity contribution < 1.29 is 18.2 Å². The van der Waals surface area contributed by atoms with Crippen molar-refractivity contribution in [2.24, 2.45) is 0 Å². The summed E-state index contributed by atoms with van der Waals surface area (Å²) in [5.74, 6) is 0. The van der Waals surface area contributed by atoms with Gasteiger partial charge in [0.05, 0.1) is 32.5 Å². The van der Waals surface area contributed by atoms with Gasteiger partial charge < -0.3 is 9.05 Å². The maximum atomic E-state index is 12.4. The smallest absolute Gasteiger partial charge is 0.309 e. The fraction of sp³-hybridized carbons (Fsp3) is 0.812. The maximum Gasteiger partial charge on any atom is 0.330 e. The van der Waals surface area contributed by atoms with Crippen LogP contribution in [0.5, 0.6) is 0 Å². The van der Waals surface area contributed by atoms with Crippen LogP contribution < -0.4 is 4.57 Å². The molecule has 0 aliphatic rings. The molecule has 0 spiro atoms. The fourth-order valence-electron chi connectivity index (χ4n) is 2.43. The van der Waals surface area contributed by atoms with Crippen molar-refractivity contribution >= 4 is 7.60 Å². The van der Waals surface area contributed by atoms with E-state index >= 15 is 0 Å². The number of aromatic nitrogens is 2. The minimum absolute atomic E-state index is 0.429. The molecule has 1 aromatic heterocycles. The molecular weight excluding hydrogens is 299 g/mol. The summed E-state index contributed by atoms with van der Waals surface area (Å²) >= 11 is 0. The summed E-state index contributed by atoms with van der Waals surface area (Å²) in [4.78, 5) is 0. The van der Waals surface area contributed by atoms with E-state index in [1.165, 1.54) is 25.7 Å². The van der Waals surface area contributed by atoms with Gasteiger partial charge in [-0.1, -0.05) is 19.8 Å². The van der Waals surface area contributed by atoms with Crippen molar-refractivity contribution in [2.45, 2.75) is 66.0 Å². The molecule has 0 aliphatic heterocycles. The Balaban J connectivity index is 2.32. The molecule has 1 heterocycles. The molecule has 6 heteroatoms. The summed E-state index contributed by atoms with van der Waals surface area (Å²) in [6.07, 6.45) is 12.7. The first-order valence-corrected chi connectivity index (χ1v) is 10.3. The third kappa shape index (κ3) is 7.57. The molecule has 0 fully saturated rings. The maximum absolute atomic E-state index is 12.4. The quantitative estimate of drug-likeness (QED) is 0.312. The van der Waals surface area contributed by atoms with Gasteiger partial charge >= 0.3 is 7.60 Å². The van der Waals surface area contributed by atoms with E-state index in [-0.39, 0.29) is 0 Å². The highest BCUT2D eigenvalue weighted by Crippen LogP contribution is 2.48. The van der Waals surface area contributed by atoms with Crippen molar-refractivity contribution in [3.63, 3.8) is 0 Å². The van der Waals surface area contributed by atoms with Gasteiger partial charge in [-0.15, -0.1) is 0 Å². The lowest BCUT2D eigenvalue weighted by molar-refractivity contribution is -0.696. The predicted molar refractivity (Wildman–Crippen MR) is 89.1 cm³/mol. The van der Waals surface area contributed by atoms with Crippen LogP contribution in [-0.2, 0) is 26.7 Å². The van der Waals surface area contributed by atoms with Gasteiger partial charge in [-0.25, -0.2) is 9.13 Å². The van der Waals surface area contributed by atoms with E-state index in [2.05, 4.69) is 34.8 Å². The first-order chi connectivity index (χ1) is 10.6. The molecule has 5 nitrogen and oxygen atoms in total. The number of hydrogen-bond donors (Lipinski definition) is 0. The molecule has 22 heavy (non-hydrogen) atoms. The molecule has 128 valence electrons. The van der Waals surface area contributed by atoms with Crippen molar-refractivity contribution in [1.29, 1.82) is 0 Å². The van der Waals surface area contributed by atoms with E-state index in [1.807, 2.05) is 13.8 Å². The summed E-state index contributed by atoms with van der Waals surface area (Å²) in [6, 6.07) is 0. The molecule has 0 aliphatic carbocycles. The lowest BCUT2D eigenvalue weighted by Crippen LogP contribution is -2.31. The lowest BCUT2D eigenvalue weighted by atomic mass is 10.2. The highest BCUT2D eigenvalue weighted by atomic mass is 31.2. The monoisotopic (exact) mass is 331 g/mol. The van der Waals surface area contributed by atoms with E-state index in [0.29, 0.717) is 19.4 Å². The normalized spacial score (nSPS) is 12.0. The molecular formula is C16H32N2O3P+. The molecule has 0 unspecified atom stereocenters. The zero-order chi connectivity index (χ0) is 16.3. The van der Waals surface area contributed by atoms with Gasteiger partial charge in [0.1, 0.15) is 12.4 Å². The minimum Gasteiger partial charge on any atom is -0.309 e. The number of nitrogens with zero attached hydrogens (tertiary/aromatic N) is 2. The highest BCUT2D eigenvalue weighted by Gasteiger charge is 2.23. The van der Waals surface area contributed by atoms with Gasteiger partial charge in [0, 0.05) is 0 Å². The van der Waals surface area contributed by atoms with Crippen LogP contribution in [-0.4, -0.2) is 23.9 Å². The van der Waals surface area contributed by atoms with E-state index < -0.39 is 7.60 Å². The van der Waals surface area contributed by atoms with Crippen LogP contribution in [0.1, 0.15) is 52.9 Å². The average Bonchev–Trinajstić information content (AvgIpc) is 2.92. The Bertz CT molecular complexity index is 438. The van der Waals surface area contributed by atoms with Gasteiger partial charge in [-0.3, -0.25) is 4.57 Å². The van der Waals surface area contributed by atoms with Crippen molar-refractivity contribution in [3.05, 3.63) is 18.7 Å². The zero-order valence-electron chi connectivity index (χ0n) is 14.4. The van der Waals surface area contributed by atoms with E-state index in [4.69, 9.17) is 9.05 Å². The average molecular weight is 331 g/mol. The van der Waals surface area contributed by atoms with Gasteiger partial charge in [0.15, 0.2) is 0 Å². The SMILES string of the molecule is CCCCCCn1cc[n+](CCCP(=O)(OCC)OCC)c1. The Morgan fingerprint density at radius 3 is 2.41 bits per heavy atom. The predicted octanol–water partition coefficient (Wildman–Crippen LogP) is 4.01. The van der Waals surface area contributed by atoms with E-state index in [9.17, 15) is 4.57 Å². The fourth-order valence-corrected chi connectivity index (χ4v) is 4.08. The second-order valence-corrected chi connectivity index (χ2v) is 7.66. The Morgan fingerprint density at radius 1 is 1.05 bits per heavy atom. The molecule has 0 amide bonds. The van der Waals surface area contributed by atoms with Crippen molar-refractivity contribution in [3.8, 4) is 0 Å². The molecule has 1 aromatic rings. The second-order valence-electron chi connectivity index (χ2n) is 5.47. The van der Waals surface area contributed by atoms with Gasteiger partial charge in [0.2, 0.25) is 6.33 Å². The van der Waals surface area contributed by atoms with Crippen LogP contribution in [0.3, 0.4) is 0 Å². The zero-order valence-corrected chi connectivity index (χ0v) is 15.3. The molecule has 0 saturated heterocycles. The van der Waals surface area contributed by atoms with Crippen LogP contribution in [0.4, 0.5) is 0 Å². The van der Waals surface area contributed by atoms with Crippen LogP contribution in [0.25, 0.3) is 0 Å². The first-order valence-electron chi connectivity index (χ1n) is 8.56. The number of aryl methyl sites for hydroxylation is 2. The number of unbranched alkanes of at least 4 members (excludes halogenated alkanes) is 3. The van der Waals surface area contributed by atoms with Crippen LogP contribution in [0.15, 0.2) is 18.7 Å². The molecule has 0 aromatic carbocycles. The third-order valence-electron chi connectivity index (χ3n) is 3.52. The first kappa shape index (κ1) is 19.4. The van der Waals surface area contributed by atoms with Crippen LogP contribution in [0.2, 0.25) is 0 Å². The highest BCUT2D eigenvalue weighted by molar-refractivity contribution is 7.53. The van der Waals surface area contributed by atoms with Crippen molar-refractivity contribution in [1.82, 2.24) is 4.57 Å². The summed E-state index contributed by atoms with van der Waals surface area (Å²) in [5, 5.41) is 0. The summed E-state index contributed by atoms with van der Waals surface area (Å²) in [6.45, 7) is 8.69. The lowest BCUT2D eigenvalue weighted by Gasteiger charge is -2.16. The molecule has 1 rings (SSSR count).